The fourth-order valence-corrected chi connectivity index (χ4v) is 1.47. The van der Waals surface area contributed by atoms with Crippen molar-refractivity contribution in [3.05, 3.63) is 60.1 Å². The first-order chi connectivity index (χ1) is 7.31. The van der Waals surface area contributed by atoms with Gasteiger partial charge in [0.05, 0.1) is 1.37 Å². The van der Waals surface area contributed by atoms with Crippen LogP contribution in [-0.4, -0.2) is 0 Å². The molecule has 0 aromatic heterocycles. The Bertz CT molecular complexity index is 446. The highest BCUT2D eigenvalue weighted by molar-refractivity contribution is 5.63. The van der Waals surface area contributed by atoms with Gasteiger partial charge in [-0.1, -0.05) is 61.5 Å². The van der Waals surface area contributed by atoms with Crippen LogP contribution >= 0.6 is 0 Å². The number of hydrogen-bond donors (Lipinski definition) is 0. The van der Waals surface area contributed by atoms with Crippen LogP contribution in [0, 0.1) is 0 Å². The Balaban J connectivity index is 2.46. The number of aryl methyl sites for hydroxylation is 1. The lowest BCUT2D eigenvalue weighted by atomic mass is 10.0. The van der Waals surface area contributed by atoms with Crippen LogP contribution in [0.15, 0.2) is 54.6 Å². The van der Waals surface area contributed by atoms with Crippen molar-refractivity contribution in [1.82, 2.24) is 0 Å². The van der Waals surface area contributed by atoms with Crippen LogP contribution in [0.1, 0.15) is 13.9 Å². The monoisotopic (exact) mass is 183 g/mol. The Kier molecular flexibility index (Phi) is 2.29. The minimum atomic E-state index is 0.612. The molecule has 0 amide bonds. The maximum absolute atomic E-state index is 7.95. The van der Waals surface area contributed by atoms with Gasteiger partial charge in [-0.3, -0.25) is 0 Å². The van der Waals surface area contributed by atoms with E-state index in [9.17, 15) is 0 Å². The van der Waals surface area contributed by atoms with E-state index in [4.69, 9.17) is 1.37 Å². The smallest absolute Gasteiger partial charge is 0.0622 e. The lowest BCUT2D eigenvalue weighted by molar-refractivity contribution is 1.14. The van der Waals surface area contributed by atoms with Crippen molar-refractivity contribution < 1.29 is 1.37 Å². The van der Waals surface area contributed by atoms with Crippen molar-refractivity contribution in [2.24, 2.45) is 0 Å². The van der Waals surface area contributed by atoms with Crippen molar-refractivity contribution in [2.75, 3.05) is 0 Å². The fourth-order valence-electron chi connectivity index (χ4n) is 1.47. The summed E-state index contributed by atoms with van der Waals surface area (Å²) in [4.78, 5) is 0. The molecule has 0 unspecified atom stereocenters. The quantitative estimate of drug-likeness (QED) is 0.662. The standard InChI is InChI=1S/C14H14/c1-2-12-8-10-14(11-9-12)13-6-4-3-5-7-13/h3-11H,2H2,1H3/i10D. The molecule has 2 aromatic rings. The summed E-state index contributed by atoms with van der Waals surface area (Å²) < 4.78 is 7.95. The first kappa shape index (κ1) is 7.81. The van der Waals surface area contributed by atoms with Crippen LogP contribution in [0.25, 0.3) is 11.1 Å². The van der Waals surface area contributed by atoms with Gasteiger partial charge >= 0.3 is 0 Å². The summed E-state index contributed by atoms with van der Waals surface area (Å²) in [6, 6.07) is 16.8. The summed E-state index contributed by atoms with van der Waals surface area (Å²) >= 11 is 0. The van der Waals surface area contributed by atoms with Gasteiger partial charge in [0, 0.05) is 0 Å². The van der Waals surface area contributed by atoms with E-state index in [-0.39, 0.29) is 0 Å². The third kappa shape index (κ3) is 1.85. The molecule has 0 heteroatoms. The third-order valence-electron chi connectivity index (χ3n) is 2.37. The highest BCUT2D eigenvalue weighted by Gasteiger charge is 1.95. The van der Waals surface area contributed by atoms with Crippen molar-refractivity contribution in [1.29, 1.82) is 0 Å². The summed E-state index contributed by atoms with van der Waals surface area (Å²) in [5, 5.41) is 0. The third-order valence-corrected chi connectivity index (χ3v) is 2.37. The van der Waals surface area contributed by atoms with Crippen molar-refractivity contribution in [3.63, 3.8) is 0 Å². The first-order valence-electron chi connectivity index (χ1n) is 5.46. The lowest BCUT2D eigenvalue weighted by Crippen LogP contribution is -1.80. The Morgan fingerprint density at radius 3 is 2.36 bits per heavy atom. The van der Waals surface area contributed by atoms with Crippen LogP contribution in [0.4, 0.5) is 0 Å². The largest absolute Gasteiger partial charge is 0.0629 e. The number of benzene rings is 2. The zero-order chi connectivity index (χ0) is 10.7. The SMILES string of the molecule is [2H]c1cc(CC)ccc1-c1ccccc1. The molecule has 0 atom stereocenters. The summed E-state index contributed by atoms with van der Waals surface area (Å²) in [5.74, 6) is 0. The molecule has 0 aliphatic heterocycles. The molecule has 2 rings (SSSR count). The summed E-state index contributed by atoms with van der Waals surface area (Å²) in [6.45, 7) is 2.11. The van der Waals surface area contributed by atoms with E-state index in [0.717, 1.165) is 17.5 Å². The zero-order valence-electron chi connectivity index (χ0n) is 9.33. The molecule has 0 aliphatic carbocycles. The van der Waals surface area contributed by atoms with E-state index in [0.29, 0.717) is 6.04 Å². The predicted molar refractivity (Wildman–Crippen MR) is 61.3 cm³/mol. The summed E-state index contributed by atoms with van der Waals surface area (Å²) in [7, 11) is 0. The molecule has 0 heterocycles. The zero-order valence-corrected chi connectivity index (χ0v) is 8.33. The van der Waals surface area contributed by atoms with Crippen molar-refractivity contribution in [3.8, 4) is 11.1 Å². The Labute approximate surface area is 86.6 Å². The molecule has 0 aliphatic rings. The molecule has 2 aromatic carbocycles. The van der Waals surface area contributed by atoms with Crippen molar-refractivity contribution >= 4 is 0 Å². The molecule has 0 fully saturated rings. The topological polar surface area (TPSA) is 0 Å². The molecule has 0 saturated carbocycles. The number of hydrogen-bond acceptors (Lipinski definition) is 0. The molecular formula is C14H14. The second-order valence-electron chi connectivity index (χ2n) is 3.33. The van der Waals surface area contributed by atoms with Crippen LogP contribution in [0.3, 0.4) is 0 Å². The maximum atomic E-state index is 7.95. The number of rotatable bonds is 2. The molecular weight excluding hydrogens is 168 g/mol. The van der Waals surface area contributed by atoms with E-state index in [1.54, 1.807) is 0 Å². The molecule has 0 spiro atoms. The maximum Gasteiger partial charge on any atom is 0.0629 e. The molecule has 70 valence electrons. The molecule has 0 N–H and O–H groups in total. The van der Waals surface area contributed by atoms with Crippen LogP contribution in [-0.2, 0) is 6.42 Å². The van der Waals surface area contributed by atoms with Crippen LogP contribution in [0.5, 0.6) is 0 Å². The molecule has 0 bridgehead atoms. The Hall–Kier alpha value is -1.56. The molecule has 0 radical (unpaired) electrons. The molecule has 14 heavy (non-hydrogen) atoms. The highest BCUT2D eigenvalue weighted by atomic mass is 14.0. The second-order valence-corrected chi connectivity index (χ2v) is 3.33. The first-order valence-corrected chi connectivity index (χ1v) is 4.96. The van der Waals surface area contributed by atoms with Gasteiger partial charge in [-0.05, 0) is 23.1 Å². The second kappa shape index (κ2) is 4.10. The van der Waals surface area contributed by atoms with E-state index >= 15 is 0 Å². The van der Waals surface area contributed by atoms with Crippen LogP contribution < -0.4 is 0 Å². The van der Waals surface area contributed by atoms with Gasteiger partial charge in [0.15, 0.2) is 0 Å². The van der Waals surface area contributed by atoms with E-state index in [1.807, 2.05) is 42.5 Å². The van der Waals surface area contributed by atoms with E-state index in [1.165, 1.54) is 5.56 Å². The lowest BCUT2D eigenvalue weighted by Gasteiger charge is -2.02. The summed E-state index contributed by atoms with van der Waals surface area (Å²) in [5.41, 5.74) is 3.35. The average Bonchev–Trinajstić information content (AvgIpc) is 2.30. The minimum Gasteiger partial charge on any atom is -0.0622 e. The van der Waals surface area contributed by atoms with Gasteiger partial charge < -0.3 is 0 Å². The van der Waals surface area contributed by atoms with Gasteiger partial charge in [0.25, 0.3) is 0 Å². The van der Waals surface area contributed by atoms with Gasteiger partial charge in [0.2, 0.25) is 0 Å². The summed E-state index contributed by atoms with van der Waals surface area (Å²) in [6.07, 6.45) is 0.987. The van der Waals surface area contributed by atoms with Crippen molar-refractivity contribution in [2.45, 2.75) is 13.3 Å². The Morgan fingerprint density at radius 1 is 0.929 bits per heavy atom. The Morgan fingerprint density at radius 2 is 1.71 bits per heavy atom. The van der Waals surface area contributed by atoms with Gasteiger partial charge in [-0.25, -0.2) is 0 Å². The van der Waals surface area contributed by atoms with Gasteiger partial charge in [-0.2, -0.15) is 0 Å². The van der Waals surface area contributed by atoms with Gasteiger partial charge in [-0.15, -0.1) is 0 Å². The highest BCUT2D eigenvalue weighted by Crippen LogP contribution is 2.19. The van der Waals surface area contributed by atoms with Crippen LogP contribution in [0.2, 0.25) is 0 Å². The predicted octanol–water partition coefficient (Wildman–Crippen LogP) is 3.92. The molecule has 0 saturated heterocycles. The molecule has 0 nitrogen and oxygen atoms in total. The van der Waals surface area contributed by atoms with Gasteiger partial charge in [0.1, 0.15) is 0 Å². The normalized spacial score (nSPS) is 11.1. The fraction of sp³-hybridized carbons (Fsp3) is 0.143. The average molecular weight is 183 g/mol. The van der Waals surface area contributed by atoms with E-state index in [2.05, 4.69) is 13.0 Å². The minimum absolute atomic E-state index is 0.612. The van der Waals surface area contributed by atoms with E-state index < -0.39 is 0 Å².